The third-order valence-electron chi connectivity index (χ3n) is 3.68. The summed E-state index contributed by atoms with van der Waals surface area (Å²) in [5, 5.41) is -0.213. The van der Waals surface area contributed by atoms with Crippen LogP contribution in [0.3, 0.4) is 0 Å². The first kappa shape index (κ1) is 20.1. The van der Waals surface area contributed by atoms with E-state index in [1.54, 1.807) is 0 Å². The zero-order chi connectivity index (χ0) is 19.4. The Morgan fingerprint density at radius 1 is 1.11 bits per heavy atom. The van der Waals surface area contributed by atoms with Crippen molar-refractivity contribution in [2.75, 3.05) is 31.0 Å². The smallest absolute Gasteiger partial charge is 0.416 e. The third kappa shape index (κ3) is 5.41. The first-order chi connectivity index (χ1) is 12.8. The molecular weight excluding hydrogens is 408 g/mol. The second-order valence-corrected chi connectivity index (χ2v) is 6.93. The van der Waals surface area contributed by atoms with Gasteiger partial charge in [0.2, 0.25) is 0 Å². The van der Waals surface area contributed by atoms with E-state index in [2.05, 4.69) is 4.72 Å². The Labute approximate surface area is 162 Å². The number of hydrogen-bond acceptors (Lipinski definition) is 5. The van der Waals surface area contributed by atoms with Crippen molar-refractivity contribution in [1.82, 2.24) is 4.31 Å². The van der Waals surface area contributed by atoms with Gasteiger partial charge in [0.05, 0.1) is 29.5 Å². The molecule has 1 N–H and O–H groups in total. The normalized spacial score (nSPS) is 15.6. The molecule has 10 heteroatoms. The molecule has 0 radical (unpaired) electrons. The third-order valence-corrected chi connectivity index (χ3v) is 4.91. The summed E-state index contributed by atoms with van der Waals surface area (Å²) in [6.45, 7) is 2.70. The Morgan fingerprint density at radius 3 is 2.48 bits per heavy atom. The van der Waals surface area contributed by atoms with Crippen LogP contribution in [0.4, 0.5) is 23.2 Å². The van der Waals surface area contributed by atoms with E-state index in [0.29, 0.717) is 13.2 Å². The van der Waals surface area contributed by atoms with Crippen molar-refractivity contribution < 1.29 is 27.0 Å². The first-order valence-electron chi connectivity index (χ1n) is 7.93. The van der Waals surface area contributed by atoms with Crippen LogP contribution in [0.25, 0.3) is 0 Å². The van der Waals surface area contributed by atoms with Crippen LogP contribution in [-0.2, 0) is 10.9 Å². The van der Waals surface area contributed by atoms with Crippen LogP contribution in [0.1, 0.15) is 5.56 Å². The van der Waals surface area contributed by atoms with E-state index in [4.69, 9.17) is 21.1 Å². The number of nitrogens with one attached hydrogen (secondary N) is 1. The van der Waals surface area contributed by atoms with Crippen molar-refractivity contribution in [3.05, 3.63) is 52.8 Å². The van der Waals surface area contributed by atoms with Crippen molar-refractivity contribution in [3.8, 4) is 11.5 Å². The van der Waals surface area contributed by atoms with E-state index in [-0.39, 0.29) is 22.2 Å². The highest BCUT2D eigenvalue weighted by Gasteiger charge is 2.31. The number of anilines is 1. The number of nitrogens with zero attached hydrogens (tertiary/aromatic N) is 1. The van der Waals surface area contributed by atoms with Gasteiger partial charge < -0.3 is 14.2 Å². The minimum Gasteiger partial charge on any atom is -0.456 e. The molecule has 0 aromatic heterocycles. The maximum atomic E-state index is 14.2. The van der Waals surface area contributed by atoms with Crippen LogP contribution >= 0.6 is 23.7 Å². The molecule has 1 aliphatic rings. The lowest BCUT2D eigenvalue weighted by atomic mass is 10.2. The Balaban J connectivity index is 1.65. The number of rotatable bonds is 5. The van der Waals surface area contributed by atoms with Gasteiger partial charge >= 0.3 is 6.18 Å². The first-order valence-corrected chi connectivity index (χ1v) is 9.08. The number of ether oxygens (including phenoxy) is 2. The largest absolute Gasteiger partial charge is 0.456 e. The molecule has 1 aliphatic heterocycles. The lowest BCUT2D eigenvalue weighted by Gasteiger charge is -2.25. The van der Waals surface area contributed by atoms with E-state index in [9.17, 15) is 17.6 Å². The molecule has 0 unspecified atom stereocenters. The zero-order valence-electron chi connectivity index (χ0n) is 13.9. The number of morpholine rings is 1. The lowest BCUT2D eigenvalue weighted by Crippen LogP contribution is -2.32. The fourth-order valence-corrected chi connectivity index (χ4v) is 3.22. The highest BCUT2D eigenvalue weighted by Crippen LogP contribution is 2.37. The van der Waals surface area contributed by atoms with Crippen LogP contribution < -0.4 is 9.46 Å². The second kappa shape index (κ2) is 8.55. The lowest BCUT2D eigenvalue weighted by molar-refractivity contribution is -0.137. The van der Waals surface area contributed by atoms with Crippen LogP contribution in [0.5, 0.6) is 11.5 Å². The Hall–Kier alpha value is -1.68. The number of halogens is 5. The molecule has 0 atom stereocenters. The van der Waals surface area contributed by atoms with E-state index >= 15 is 0 Å². The molecule has 0 saturated carbocycles. The molecule has 1 saturated heterocycles. The van der Waals surface area contributed by atoms with Crippen LogP contribution in [0.2, 0.25) is 5.02 Å². The van der Waals surface area contributed by atoms with E-state index in [0.717, 1.165) is 37.4 Å². The predicted molar refractivity (Wildman–Crippen MR) is 96.5 cm³/mol. The van der Waals surface area contributed by atoms with Crippen molar-refractivity contribution in [2.24, 2.45) is 0 Å². The molecule has 0 spiro atoms. The molecule has 0 bridgehead atoms. The minimum atomic E-state index is -4.50. The van der Waals surface area contributed by atoms with Crippen molar-refractivity contribution >= 4 is 29.4 Å². The van der Waals surface area contributed by atoms with E-state index in [1.165, 1.54) is 24.3 Å². The number of alkyl halides is 3. The van der Waals surface area contributed by atoms with Gasteiger partial charge in [-0.05, 0) is 30.3 Å². The van der Waals surface area contributed by atoms with Gasteiger partial charge in [-0.1, -0.05) is 11.6 Å². The molecule has 2 aromatic rings. The highest BCUT2D eigenvalue weighted by molar-refractivity contribution is 7.98. The summed E-state index contributed by atoms with van der Waals surface area (Å²) >= 11 is 7.12. The Kier molecular flexibility index (Phi) is 6.36. The number of benzene rings is 2. The van der Waals surface area contributed by atoms with Crippen LogP contribution in [0, 0.1) is 5.82 Å². The van der Waals surface area contributed by atoms with E-state index < -0.39 is 17.6 Å². The standard InChI is InChI=1S/C17H15ClF4N2O2S/c18-13-9-11(17(20,21)22)1-4-16(13)26-12-2-3-15(14(19)10-12)23-27-24-5-7-25-8-6-24/h1-4,9-10,23H,5-8H2. The molecule has 1 fully saturated rings. The van der Waals surface area contributed by atoms with Crippen LogP contribution in [0.15, 0.2) is 36.4 Å². The molecule has 4 nitrogen and oxygen atoms in total. The summed E-state index contributed by atoms with van der Waals surface area (Å²) in [5.41, 5.74) is -0.622. The average molecular weight is 423 g/mol. The fraction of sp³-hybridized carbons (Fsp3) is 0.294. The Bertz CT molecular complexity index is 801. The summed E-state index contributed by atoms with van der Waals surface area (Å²) in [6, 6.07) is 6.84. The maximum absolute atomic E-state index is 14.2. The predicted octanol–water partition coefficient (Wildman–Crippen LogP) is 5.60. The highest BCUT2D eigenvalue weighted by atomic mass is 35.5. The van der Waals surface area contributed by atoms with Crippen molar-refractivity contribution in [1.29, 1.82) is 0 Å². The van der Waals surface area contributed by atoms with Gasteiger partial charge in [-0.2, -0.15) is 13.2 Å². The van der Waals surface area contributed by atoms with Gasteiger partial charge in [-0.25, -0.2) is 8.70 Å². The molecule has 2 aromatic carbocycles. The summed E-state index contributed by atoms with van der Waals surface area (Å²) < 4.78 is 67.8. The topological polar surface area (TPSA) is 33.7 Å². The zero-order valence-corrected chi connectivity index (χ0v) is 15.4. The molecule has 0 aliphatic carbocycles. The van der Waals surface area contributed by atoms with Gasteiger partial charge in [0, 0.05) is 31.3 Å². The van der Waals surface area contributed by atoms with Gasteiger partial charge in [-0.15, -0.1) is 0 Å². The average Bonchev–Trinajstić information content (AvgIpc) is 2.63. The summed E-state index contributed by atoms with van der Waals surface area (Å²) in [4.78, 5) is 0. The summed E-state index contributed by atoms with van der Waals surface area (Å²) in [7, 11) is 0. The van der Waals surface area contributed by atoms with Gasteiger partial charge in [0.1, 0.15) is 11.5 Å². The molecule has 27 heavy (non-hydrogen) atoms. The van der Waals surface area contributed by atoms with Gasteiger partial charge in [0.15, 0.2) is 5.82 Å². The SMILES string of the molecule is Fc1cc(Oc2ccc(C(F)(F)F)cc2Cl)ccc1NSN1CCOCC1. The molecule has 0 amide bonds. The second-order valence-electron chi connectivity index (χ2n) is 5.62. The van der Waals surface area contributed by atoms with Crippen molar-refractivity contribution in [3.63, 3.8) is 0 Å². The van der Waals surface area contributed by atoms with Gasteiger partial charge in [-0.3, -0.25) is 0 Å². The molecule has 1 heterocycles. The number of hydrogen-bond donors (Lipinski definition) is 1. The minimum absolute atomic E-state index is 0.00691. The summed E-state index contributed by atoms with van der Waals surface area (Å²) in [6.07, 6.45) is -4.50. The van der Waals surface area contributed by atoms with Crippen LogP contribution in [-0.4, -0.2) is 30.6 Å². The monoisotopic (exact) mass is 422 g/mol. The molecule has 146 valence electrons. The quantitative estimate of drug-likeness (QED) is 0.501. The molecular formula is C17H15ClF4N2O2S. The fourth-order valence-electron chi connectivity index (χ4n) is 2.28. The van der Waals surface area contributed by atoms with E-state index in [1.807, 2.05) is 4.31 Å². The molecule has 3 rings (SSSR count). The Morgan fingerprint density at radius 2 is 1.85 bits per heavy atom. The summed E-state index contributed by atoms with van der Waals surface area (Å²) in [5.74, 6) is -0.431. The van der Waals surface area contributed by atoms with Gasteiger partial charge in [0.25, 0.3) is 0 Å². The maximum Gasteiger partial charge on any atom is 0.416 e. The van der Waals surface area contributed by atoms with Crippen molar-refractivity contribution in [2.45, 2.75) is 6.18 Å².